The van der Waals surface area contributed by atoms with E-state index < -0.39 is 10.0 Å². The number of halogens is 1. The Morgan fingerprint density at radius 3 is 2.81 bits per heavy atom. The van der Waals surface area contributed by atoms with Gasteiger partial charge in [0.2, 0.25) is 10.0 Å². The van der Waals surface area contributed by atoms with Crippen LogP contribution in [0.3, 0.4) is 0 Å². The monoisotopic (exact) mass is 364 g/mol. The number of nitrogens with one attached hydrogen (secondary N) is 1. The van der Waals surface area contributed by atoms with Crippen LogP contribution in [0.5, 0.6) is 0 Å². The topological polar surface area (TPSA) is 72.2 Å². The van der Waals surface area contributed by atoms with Gasteiger partial charge in [0.05, 0.1) is 9.92 Å². The van der Waals surface area contributed by atoms with E-state index >= 15 is 0 Å². The summed E-state index contributed by atoms with van der Waals surface area (Å²) in [5, 5.41) is 0.595. The summed E-state index contributed by atoms with van der Waals surface area (Å²) in [7, 11) is -3.56. The van der Waals surface area contributed by atoms with Crippen LogP contribution in [-0.4, -0.2) is 31.0 Å². The predicted molar refractivity (Wildman–Crippen MR) is 92.6 cm³/mol. The van der Waals surface area contributed by atoms with Gasteiger partial charge in [-0.25, -0.2) is 13.1 Å². The van der Waals surface area contributed by atoms with Crippen molar-refractivity contribution in [2.75, 3.05) is 12.3 Å². The fraction of sp³-hybridized carbons (Fsp3) is 0.462. The Bertz CT molecular complexity index is 628. The van der Waals surface area contributed by atoms with Crippen molar-refractivity contribution in [3.05, 3.63) is 28.8 Å². The van der Waals surface area contributed by atoms with Gasteiger partial charge in [-0.15, -0.1) is 0 Å². The minimum Gasteiger partial charge on any atom is -0.389 e. The van der Waals surface area contributed by atoms with E-state index in [9.17, 15) is 8.42 Å². The van der Waals surface area contributed by atoms with Crippen molar-refractivity contribution in [2.24, 2.45) is 5.73 Å². The van der Waals surface area contributed by atoms with E-state index in [2.05, 4.69) is 4.72 Å². The quantitative estimate of drug-likeness (QED) is 0.785. The van der Waals surface area contributed by atoms with Crippen molar-refractivity contribution >= 4 is 50.6 Å². The number of benzene rings is 1. The molecule has 0 amide bonds. The summed E-state index contributed by atoms with van der Waals surface area (Å²) >= 11 is 12.7. The van der Waals surface area contributed by atoms with Gasteiger partial charge in [-0.2, -0.15) is 11.8 Å². The maximum atomic E-state index is 12.3. The molecule has 1 aliphatic heterocycles. The molecule has 116 valence electrons. The Balaban J connectivity index is 2.08. The molecular weight excluding hydrogens is 348 g/mol. The number of hydrogen-bond donors (Lipinski definition) is 2. The molecule has 0 aliphatic carbocycles. The van der Waals surface area contributed by atoms with Crippen molar-refractivity contribution < 1.29 is 8.42 Å². The summed E-state index contributed by atoms with van der Waals surface area (Å²) in [6, 6.07) is 4.39. The lowest BCUT2D eigenvalue weighted by atomic mass is 10.2. The number of nitrogens with two attached hydrogens (primary N) is 1. The number of rotatable bonds is 5. The lowest BCUT2D eigenvalue weighted by molar-refractivity contribution is 0.574. The molecule has 1 saturated heterocycles. The number of thioether (sulfide) groups is 1. The molecule has 8 heteroatoms. The summed E-state index contributed by atoms with van der Waals surface area (Å²) in [5.74, 6) is 1.10. The van der Waals surface area contributed by atoms with Gasteiger partial charge in [0.15, 0.2) is 0 Å². The van der Waals surface area contributed by atoms with E-state index in [0.29, 0.717) is 17.4 Å². The Morgan fingerprint density at radius 1 is 1.48 bits per heavy atom. The predicted octanol–water partition coefficient (Wildman–Crippen LogP) is 2.54. The molecule has 0 saturated carbocycles. The molecule has 1 aromatic carbocycles. The summed E-state index contributed by atoms with van der Waals surface area (Å²) in [6.07, 6.45) is 3.42. The number of hydrogen-bond acceptors (Lipinski definition) is 4. The highest BCUT2D eigenvalue weighted by molar-refractivity contribution is 8.00. The second-order valence-corrected chi connectivity index (χ2v) is 8.87. The van der Waals surface area contributed by atoms with Gasteiger partial charge in [0.25, 0.3) is 0 Å². The molecule has 0 bridgehead atoms. The standard InChI is InChI=1S/C13H17ClN2O2S3/c14-12-7-10(4-5-11(12)13(15)19)21(17,18)16-8-9-3-1-2-6-20-9/h4-5,7,9,16H,1-3,6,8H2,(H2,15,19). The second kappa shape index (κ2) is 7.28. The van der Waals surface area contributed by atoms with Crippen molar-refractivity contribution in [2.45, 2.75) is 29.4 Å². The SMILES string of the molecule is NC(=S)c1ccc(S(=O)(=O)NCC2CCCCS2)cc1Cl. The lowest BCUT2D eigenvalue weighted by Gasteiger charge is -2.21. The van der Waals surface area contributed by atoms with Crippen LogP contribution in [0.15, 0.2) is 23.1 Å². The van der Waals surface area contributed by atoms with Crippen LogP contribution < -0.4 is 10.5 Å². The lowest BCUT2D eigenvalue weighted by Crippen LogP contribution is -2.32. The average molecular weight is 365 g/mol. The first-order chi connectivity index (χ1) is 9.90. The zero-order valence-corrected chi connectivity index (χ0v) is 14.5. The van der Waals surface area contributed by atoms with Crippen molar-refractivity contribution in [3.63, 3.8) is 0 Å². The molecule has 0 spiro atoms. The summed E-state index contributed by atoms with van der Waals surface area (Å²) < 4.78 is 27.2. The highest BCUT2D eigenvalue weighted by Crippen LogP contribution is 2.25. The van der Waals surface area contributed by atoms with E-state index in [1.807, 2.05) is 11.8 Å². The van der Waals surface area contributed by atoms with Crippen LogP contribution in [0.2, 0.25) is 5.02 Å². The van der Waals surface area contributed by atoms with Crippen molar-refractivity contribution in [1.29, 1.82) is 0 Å². The maximum Gasteiger partial charge on any atom is 0.240 e. The fourth-order valence-electron chi connectivity index (χ4n) is 2.12. The molecule has 1 aliphatic rings. The molecule has 1 aromatic rings. The van der Waals surface area contributed by atoms with Gasteiger partial charge in [0.1, 0.15) is 4.99 Å². The zero-order valence-electron chi connectivity index (χ0n) is 11.3. The van der Waals surface area contributed by atoms with E-state index in [0.717, 1.165) is 18.6 Å². The van der Waals surface area contributed by atoms with Crippen LogP contribution in [0, 0.1) is 0 Å². The highest BCUT2D eigenvalue weighted by atomic mass is 35.5. The van der Waals surface area contributed by atoms with Crippen molar-refractivity contribution in [1.82, 2.24) is 4.72 Å². The Morgan fingerprint density at radius 2 is 2.24 bits per heavy atom. The van der Waals surface area contributed by atoms with E-state index in [1.165, 1.54) is 24.6 Å². The third-order valence-electron chi connectivity index (χ3n) is 3.29. The third kappa shape index (κ3) is 4.56. The van der Waals surface area contributed by atoms with Crippen molar-refractivity contribution in [3.8, 4) is 0 Å². The minimum absolute atomic E-state index is 0.133. The van der Waals surface area contributed by atoms with Gasteiger partial charge < -0.3 is 5.73 Å². The average Bonchev–Trinajstić information content (AvgIpc) is 2.46. The number of thiocarbonyl (C=S) groups is 1. The van der Waals surface area contributed by atoms with Gasteiger partial charge in [-0.3, -0.25) is 0 Å². The second-order valence-electron chi connectivity index (χ2n) is 4.85. The zero-order chi connectivity index (χ0) is 15.5. The van der Waals surface area contributed by atoms with Gasteiger partial charge >= 0.3 is 0 Å². The molecule has 1 atom stereocenters. The molecule has 0 aromatic heterocycles. The first kappa shape index (κ1) is 17.0. The van der Waals surface area contributed by atoms with Gasteiger partial charge in [-0.05, 0) is 36.8 Å². The van der Waals surface area contributed by atoms with Gasteiger partial charge in [-0.1, -0.05) is 30.2 Å². The Kier molecular flexibility index (Phi) is 5.90. The minimum atomic E-state index is -3.56. The van der Waals surface area contributed by atoms with Gasteiger partial charge in [0, 0.05) is 17.4 Å². The molecule has 1 heterocycles. The molecular formula is C13H17ClN2O2S3. The first-order valence-corrected chi connectivity index (χ1v) is 9.92. The molecule has 1 unspecified atom stereocenters. The van der Waals surface area contributed by atoms with Crippen LogP contribution in [0.25, 0.3) is 0 Å². The molecule has 0 radical (unpaired) electrons. The van der Waals surface area contributed by atoms with E-state index in [-0.39, 0.29) is 14.9 Å². The largest absolute Gasteiger partial charge is 0.389 e. The summed E-state index contributed by atoms with van der Waals surface area (Å²) in [4.78, 5) is 0.281. The van der Waals surface area contributed by atoms with Crippen LogP contribution in [0.1, 0.15) is 24.8 Å². The summed E-state index contributed by atoms with van der Waals surface area (Å²) in [6.45, 7) is 0.446. The molecule has 4 nitrogen and oxygen atoms in total. The Labute approximate surface area is 139 Å². The highest BCUT2D eigenvalue weighted by Gasteiger charge is 2.20. The normalized spacial score (nSPS) is 19.4. The first-order valence-electron chi connectivity index (χ1n) is 6.61. The summed E-state index contributed by atoms with van der Waals surface area (Å²) in [5.41, 5.74) is 5.99. The third-order valence-corrected chi connectivity index (χ3v) is 6.64. The molecule has 1 fully saturated rings. The van der Waals surface area contributed by atoms with Crippen LogP contribution in [-0.2, 0) is 10.0 Å². The molecule has 3 N–H and O–H groups in total. The van der Waals surface area contributed by atoms with E-state index in [1.54, 1.807) is 0 Å². The van der Waals surface area contributed by atoms with Crippen LogP contribution in [0.4, 0.5) is 0 Å². The smallest absolute Gasteiger partial charge is 0.240 e. The van der Waals surface area contributed by atoms with Crippen LogP contribution >= 0.6 is 35.6 Å². The number of sulfonamides is 1. The molecule has 2 rings (SSSR count). The fourth-order valence-corrected chi connectivity index (χ4v) is 5.15. The maximum absolute atomic E-state index is 12.3. The molecule has 21 heavy (non-hydrogen) atoms. The van der Waals surface area contributed by atoms with E-state index in [4.69, 9.17) is 29.6 Å². The Hall–Kier alpha value is -0.340.